The predicted octanol–water partition coefficient (Wildman–Crippen LogP) is -1.03. The molecule has 0 aliphatic carbocycles. The number of aliphatic hydroxyl groups is 6. The van der Waals surface area contributed by atoms with Crippen molar-refractivity contribution < 1.29 is 49.6 Å². The lowest BCUT2D eigenvalue weighted by Crippen LogP contribution is -2.62. The van der Waals surface area contributed by atoms with E-state index in [4.69, 9.17) is 18.9 Å². The van der Waals surface area contributed by atoms with Crippen molar-refractivity contribution in [3.63, 3.8) is 0 Å². The first kappa shape index (κ1) is 27.2. The summed E-state index contributed by atoms with van der Waals surface area (Å²) in [6.45, 7) is 1.58. The number of ether oxygens (including phenoxy) is 4. The lowest BCUT2D eigenvalue weighted by atomic mass is 9.98. The van der Waals surface area contributed by atoms with Crippen LogP contribution in [0, 0.1) is 0 Å². The second-order valence-corrected chi connectivity index (χ2v) is 9.18. The second kappa shape index (κ2) is 14.3. The molecule has 2 aliphatic heterocycles. The maximum Gasteiger partial charge on any atom is 0.186 e. The molecule has 0 aromatic carbocycles. The van der Waals surface area contributed by atoms with Gasteiger partial charge >= 0.3 is 0 Å². The van der Waals surface area contributed by atoms with Crippen LogP contribution in [-0.4, -0.2) is 117 Å². The molecule has 2 aliphatic rings. The van der Waals surface area contributed by atoms with Gasteiger partial charge in [-0.1, -0.05) is 13.3 Å². The summed E-state index contributed by atoms with van der Waals surface area (Å²) in [6, 6.07) is 0. The minimum atomic E-state index is -1.48. The fraction of sp³-hybridized carbons (Fsp3) is 1.00. The van der Waals surface area contributed by atoms with E-state index >= 15 is 0 Å². The molecule has 2 fully saturated rings. The normalized spacial score (nSPS) is 39.0. The average molecular weight is 471 g/mol. The van der Waals surface area contributed by atoms with Crippen molar-refractivity contribution >= 4 is 11.8 Å². The minimum absolute atomic E-state index is 0.0281. The van der Waals surface area contributed by atoms with Crippen LogP contribution in [0.15, 0.2) is 0 Å². The highest BCUT2D eigenvalue weighted by Crippen LogP contribution is 2.29. The molecule has 2 heterocycles. The highest BCUT2D eigenvalue weighted by molar-refractivity contribution is 7.99. The van der Waals surface area contributed by atoms with Crippen LogP contribution in [0.4, 0.5) is 0 Å². The summed E-state index contributed by atoms with van der Waals surface area (Å²) >= 11 is 1.90. The van der Waals surface area contributed by atoms with E-state index in [2.05, 4.69) is 6.92 Å². The lowest BCUT2D eigenvalue weighted by molar-refractivity contribution is -0.350. The Hall–Kier alpha value is -0.0500. The molecule has 0 amide bonds. The van der Waals surface area contributed by atoms with Crippen molar-refractivity contribution in [3.05, 3.63) is 0 Å². The van der Waals surface area contributed by atoms with Crippen molar-refractivity contribution in [2.75, 3.05) is 31.3 Å². The van der Waals surface area contributed by atoms with Crippen LogP contribution in [0.2, 0.25) is 0 Å². The van der Waals surface area contributed by atoms with Crippen molar-refractivity contribution in [1.29, 1.82) is 0 Å². The second-order valence-electron chi connectivity index (χ2n) is 7.95. The summed E-state index contributed by atoms with van der Waals surface area (Å²) < 4.78 is 22.1. The molecule has 0 aromatic heterocycles. The Morgan fingerprint density at radius 2 is 1.61 bits per heavy atom. The van der Waals surface area contributed by atoms with Gasteiger partial charge in [-0.3, -0.25) is 0 Å². The quantitative estimate of drug-likeness (QED) is 0.183. The van der Waals surface area contributed by atoms with Crippen LogP contribution in [0.5, 0.6) is 0 Å². The Bertz CT molecular complexity index is 485. The molecule has 0 spiro atoms. The molecule has 11 heteroatoms. The van der Waals surface area contributed by atoms with Gasteiger partial charge in [0.05, 0.1) is 25.4 Å². The predicted molar refractivity (Wildman–Crippen MR) is 112 cm³/mol. The van der Waals surface area contributed by atoms with Gasteiger partial charge in [-0.15, -0.1) is 0 Å². The summed E-state index contributed by atoms with van der Waals surface area (Å²) in [5.41, 5.74) is 0. The zero-order valence-electron chi connectivity index (χ0n) is 18.0. The summed E-state index contributed by atoms with van der Waals surface area (Å²) in [6.07, 6.45) is -6.92. The van der Waals surface area contributed by atoms with Gasteiger partial charge in [0.1, 0.15) is 30.5 Å². The van der Waals surface area contributed by atoms with Gasteiger partial charge in [0.2, 0.25) is 0 Å². The van der Waals surface area contributed by atoms with Crippen LogP contribution in [-0.2, 0) is 18.9 Å². The molecule has 0 saturated carbocycles. The minimum Gasteiger partial charge on any atom is -0.394 e. The van der Waals surface area contributed by atoms with Gasteiger partial charge in [0.25, 0.3) is 0 Å². The number of unbranched alkanes of at least 4 members (excludes halogenated alkanes) is 2. The Labute approximate surface area is 187 Å². The van der Waals surface area contributed by atoms with Gasteiger partial charge < -0.3 is 49.6 Å². The molecule has 184 valence electrons. The molecular weight excluding hydrogens is 432 g/mol. The topological polar surface area (TPSA) is 158 Å². The summed E-state index contributed by atoms with van der Waals surface area (Å²) in [5.74, 6) is 2.17. The highest BCUT2D eigenvalue weighted by atomic mass is 32.2. The lowest BCUT2D eigenvalue weighted by Gasteiger charge is -2.45. The van der Waals surface area contributed by atoms with Crippen LogP contribution in [0.3, 0.4) is 0 Å². The maximum absolute atomic E-state index is 10.5. The number of aliphatic hydroxyl groups excluding tert-OH is 6. The Balaban J connectivity index is 1.83. The molecule has 0 aromatic rings. The molecule has 31 heavy (non-hydrogen) atoms. The van der Waals surface area contributed by atoms with Gasteiger partial charge in [-0.05, 0) is 30.8 Å². The molecule has 6 N–H and O–H groups in total. The zero-order chi connectivity index (χ0) is 22.8. The first-order valence-corrected chi connectivity index (χ1v) is 12.2. The van der Waals surface area contributed by atoms with E-state index in [9.17, 15) is 30.6 Å². The van der Waals surface area contributed by atoms with Crippen LogP contribution in [0.25, 0.3) is 0 Å². The van der Waals surface area contributed by atoms with E-state index in [0.29, 0.717) is 6.61 Å². The third kappa shape index (κ3) is 8.04. The monoisotopic (exact) mass is 470 g/mol. The van der Waals surface area contributed by atoms with Crippen LogP contribution < -0.4 is 0 Å². The molecule has 0 radical (unpaired) electrons. The van der Waals surface area contributed by atoms with E-state index in [1.165, 1.54) is 12.8 Å². The average Bonchev–Trinajstić information content (AvgIpc) is 2.77. The molecule has 2 rings (SSSR count). The molecule has 0 bridgehead atoms. The number of rotatable bonds is 13. The Morgan fingerprint density at radius 3 is 2.29 bits per heavy atom. The third-order valence-corrected chi connectivity index (χ3v) is 6.58. The fourth-order valence-electron chi connectivity index (χ4n) is 3.51. The maximum atomic E-state index is 10.5. The summed E-state index contributed by atoms with van der Waals surface area (Å²) in [7, 11) is 0. The van der Waals surface area contributed by atoms with E-state index < -0.39 is 61.9 Å². The Morgan fingerprint density at radius 1 is 0.871 bits per heavy atom. The van der Waals surface area contributed by atoms with Gasteiger partial charge in [0.15, 0.2) is 12.6 Å². The van der Waals surface area contributed by atoms with Crippen molar-refractivity contribution in [2.45, 2.75) is 94.3 Å². The number of thioether (sulfide) groups is 1. The van der Waals surface area contributed by atoms with Crippen molar-refractivity contribution in [1.82, 2.24) is 0 Å². The molecule has 10 nitrogen and oxygen atoms in total. The van der Waals surface area contributed by atoms with E-state index in [1.807, 2.05) is 11.8 Å². The smallest absolute Gasteiger partial charge is 0.186 e. The van der Waals surface area contributed by atoms with E-state index in [-0.39, 0.29) is 13.0 Å². The first-order chi connectivity index (χ1) is 14.9. The van der Waals surface area contributed by atoms with Crippen molar-refractivity contribution in [2.24, 2.45) is 0 Å². The van der Waals surface area contributed by atoms with E-state index in [0.717, 1.165) is 24.3 Å². The van der Waals surface area contributed by atoms with Gasteiger partial charge in [-0.25, -0.2) is 0 Å². The van der Waals surface area contributed by atoms with Gasteiger partial charge in [-0.2, -0.15) is 11.8 Å². The van der Waals surface area contributed by atoms with Crippen LogP contribution in [0.1, 0.15) is 39.0 Å². The highest BCUT2D eigenvalue weighted by Gasteiger charge is 2.48. The Kier molecular flexibility index (Phi) is 12.5. The first-order valence-electron chi connectivity index (χ1n) is 11.0. The molecule has 4 unspecified atom stereocenters. The number of hydrogen-bond donors (Lipinski definition) is 6. The standard InChI is InChI=1S/C20H38O10S/c1-2-3-7-31-8-5-4-6-27-19-17(26)16(25)18(14(11-22)29-19)30-20-15(24)13(23)9-12(10-21)28-20/h12-26H,2-11H2,1H3/t12?,13-,14?,15?,16+,17?,18+,19+,20-/m0/s1. The largest absolute Gasteiger partial charge is 0.394 e. The fourth-order valence-corrected chi connectivity index (χ4v) is 4.62. The summed E-state index contributed by atoms with van der Waals surface area (Å²) in [4.78, 5) is 0. The third-order valence-electron chi connectivity index (χ3n) is 5.43. The molecule has 2 saturated heterocycles. The van der Waals surface area contributed by atoms with Gasteiger partial charge in [0, 0.05) is 13.0 Å². The number of hydrogen-bond acceptors (Lipinski definition) is 11. The van der Waals surface area contributed by atoms with E-state index in [1.54, 1.807) is 0 Å². The SMILES string of the molecule is CCCCSCCCCO[C@@H]1OC(CO)[C@@H](O[C@@H]2OC(CO)C[C@H](O)C2O)[C@H](O)C1O. The van der Waals surface area contributed by atoms with Crippen molar-refractivity contribution in [3.8, 4) is 0 Å². The zero-order valence-corrected chi connectivity index (χ0v) is 18.8. The van der Waals surface area contributed by atoms with Crippen LogP contribution >= 0.6 is 11.8 Å². The molecular formula is C20H38O10S. The molecule has 9 atom stereocenters. The summed E-state index contributed by atoms with van der Waals surface area (Å²) in [5, 5.41) is 60.0.